The molecule has 1 aliphatic heterocycles. The first-order valence-electron chi connectivity index (χ1n) is 7.71. The lowest BCUT2D eigenvalue weighted by Gasteiger charge is -2.40. The Morgan fingerprint density at radius 1 is 1.29 bits per heavy atom. The topological polar surface area (TPSA) is 67.6 Å². The van der Waals surface area contributed by atoms with Crippen LogP contribution in [0, 0.1) is 5.82 Å². The number of carbonyl (C=O) groups excluding carboxylic acids is 1. The number of fused-ring (bicyclic) bond motifs is 1. The molecule has 0 saturated carbocycles. The number of nitrogen functional groups attached to an aromatic ring is 1. The molecule has 0 spiro atoms. The van der Waals surface area contributed by atoms with Crippen LogP contribution < -0.4 is 20.7 Å². The van der Waals surface area contributed by atoms with Crippen LogP contribution in [-0.2, 0) is 4.79 Å². The molecule has 0 bridgehead atoms. The molecule has 3 rings (SSSR count). The maximum Gasteiger partial charge on any atom is 0.243 e. The van der Waals surface area contributed by atoms with E-state index in [1.807, 2.05) is 24.8 Å². The normalized spacial score (nSPS) is 15.4. The monoisotopic (exact) mass is 329 g/mol. The minimum Gasteiger partial charge on any atom is -0.484 e. The summed E-state index contributed by atoms with van der Waals surface area (Å²) in [5.74, 6) is 0.150. The van der Waals surface area contributed by atoms with E-state index in [1.54, 1.807) is 12.1 Å². The van der Waals surface area contributed by atoms with Gasteiger partial charge in [-0.05, 0) is 50.2 Å². The predicted molar refractivity (Wildman–Crippen MR) is 92.8 cm³/mol. The second-order valence-corrected chi connectivity index (χ2v) is 6.50. The highest BCUT2D eigenvalue weighted by Crippen LogP contribution is 2.38. The molecule has 126 valence electrons. The van der Waals surface area contributed by atoms with Gasteiger partial charge in [-0.3, -0.25) is 4.79 Å². The number of hydrogen-bond acceptors (Lipinski definition) is 4. The molecule has 0 saturated heterocycles. The van der Waals surface area contributed by atoms with Gasteiger partial charge in [-0.1, -0.05) is 0 Å². The van der Waals surface area contributed by atoms with Crippen molar-refractivity contribution in [1.29, 1.82) is 0 Å². The van der Waals surface area contributed by atoms with Crippen molar-refractivity contribution in [2.75, 3.05) is 29.0 Å². The smallest absolute Gasteiger partial charge is 0.243 e. The molecule has 0 unspecified atom stereocenters. The maximum atomic E-state index is 12.9. The molecule has 5 nitrogen and oxygen atoms in total. The fraction of sp³-hybridized carbons (Fsp3) is 0.278. The molecular formula is C18H20FN3O2. The first-order valence-corrected chi connectivity index (χ1v) is 7.71. The highest BCUT2D eigenvalue weighted by molar-refractivity contribution is 5.94. The summed E-state index contributed by atoms with van der Waals surface area (Å²) >= 11 is 0. The molecule has 1 aliphatic rings. The lowest BCUT2D eigenvalue weighted by molar-refractivity contribution is -0.115. The second-order valence-electron chi connectivity index (χ2n) is 6.50. The molecule has 1 heterocycles. The van der Waals surface area contributed by atoms with E-state index in [0.29, 0.717) is 23.7 Å². The van der Waals surface area contributed by atoms with Gasteiger partial charge in [0.2, 0.25) is 5.91 Å². The molecule has 2 aromatic carbocycles. The Bertz CT molecular complexity index is 759. The molecule has 24 heavy (non-hydrogen) atoms. The Hall–Kier alpha value is -2.76. The summed E-state index contributed by atoms with van der Waals surface area (Å²) in [6.07, 6.45) is 0. The number of nitrogens with one attached hydrogen (secondary N) is 1. The third-order valence-corrected chi connectivity index (χ3v) is 3.74. The third-order valence-electron chi connectivity index (χ3n) is 3.74. The van der Waals surface area contributed by atoms with E-state index < -0.39 is 5.60 Å². The Labute approximate surface area is 140 Å². The number of nitrogens with zero attached hydrogens (tertiary/aromatic N) is 1. The molecule has 0 aliphatic carbocycles. The molecule has 1 amide bonds. The SMILES string of the molecule is CC1(C)CN(CC(=O)Nc2ccc(F)cc2)c2ccc(N)cc2O1. The van der Waals surface area contributed by atoms with Gasteiger partial charge in [0.15, 0.2) is 0 Å². The number of benzene rings is 2. The minimum absolute atomic E-state index is 0.168. The van der Waals surface area contributed by atoms with Crippen molar-refractivity contribution in [3.63, 3.8) is 0 Å². The summed E-state index contributed by atoms with van der Waals surface area (Å²) < 4.78 is 18.9. The Morgan fingerprint density at radius 2 is 2.00 bits per heavy atom. The van der Waals surface area contributed by atoms with Crippen LogP contribution in [-0.4, -0.2) is 24.6 Å². The molecule has 0 atom stereocenters. The lowest BCUT2D eigenvalue weighted by atomic mass is 10.0. The molecular weight excluding hydrogens is 309 g/mol. The second kappa shape index (κ2) is 6.03. The van der Waals surface area contributed by atoms with Gasteiger partial charge in [-0.2, -0.15) is 0 Å². The van der Waals surface area contributed by atoms with E-state index in [9.17, 15) is 9.18 Å². The van der Waals surface area contributed by atoms with Crippen LogP contribution in [0.25, 0.3) is 0 Å². The first kappa shape index (κ1) is 16.1. The molecule has 0 radical (unpaired) electrons. The summed E-state index contributed by atoms with van der Waals surface area (Å²) in [5.41, 5.74) is 7.40. The summed E-state index contributed by atoms with van der Waals surface area (Å²) in [5, 5.41) is 2.77. The van der Waals surface area contributed by atoms with Crippen molar-refractivity contribution in [2.24, 2.45) is 0 Å². The van der Waals surface area contributed by atoms with Gasteiger partial charge in [0.1, 0.15) is 17.2 Å². The minimum atomic E-state index is -0.434. The summed E-state index contributed by atoms with van der Waals surface area (Å²) in [7, 11) is 0. The number of rotatable bonds is 3. The van der Waals surface area contributed by atoms with Gasteiger partial charge in [0, 0.05) is 17.4 Å². The maximum absolute atomic E-state index is 12.9. The zero-order valence-electron chi connectivity index (χ0n) is 13.7. The van der Waals surface area contributed by atoms with E-state index in [1.165, 1.54) is 24.3 Å². The van der Waals surface area contributed by atoms with Gasteiger partial charge in [0.05, 0.1) is 18.8 Å². The van der Waals surface area contributed by atoms with Crippen molar-refractivity contribution in [1.82, 2.24) is 0 Å². The van der Waals surface area contributed by atoms with Crippen molar-refractivity contribution in [2.45, 2.75) is 19.4 Å². The van der Waals surface area contributed by atoms with E-state index in [2.05, 4.69) is 5.32 Å². The molecule has 6 heteroatoms. The van der Waals surface area contributed by atoms with Crippen LogP contribution in [0.5, 0.6) is 5.75 Å². The van der Waals surface area contributed by atoms with E-state index >= 15 is 0 Å². The molecule has 2 aromatic rings. The van der Waals surface area contributed by atoms with Crippen molar-refractivity contribution < 1.29 is 13.9 Å². The van der Waals surface area contributed by atoms with Crippen LogP contribution >= 0.6 is 0 Å². The Morgan fingerprint density at radius 3 is 2.71 bits per heavy atom. The van der Waals surface area contributed by atoms with Crippen LogP contribution in [0.2, 0.25) is 0 Å². The van der Waals surface area contributed by atoms with Gasteiger partial charge in [-0.15, -0.1) is 0 Å². The summed E-state index contributed by atoms with van der Waals surface area (Å²) in [4.78, 5) is 14.3. The van der Waals surface area contributed by atoms with E-state index in [0.717, 1.165) is 5.69 Å². The van der Waals surface area contributed by atoms with Crippen LogP contribution in [0.15, 0.2) is 42.5 Å². The number of halogens is 1. The Kier molecular flexibility index (Phi) is 4.05. The Balaban J connectivity index is 1.76. The number of nitrogens with two attached hydrogens (primary N) is 1. The molecule has 0 fully saturated rings. The standard InChI is InChI=1S/C18H20FN3O2/c1-18(2)11-22(15-8-5-13(20)9-16(15)24-18)10-17(23)21-14-6-3-12(19)4-7-14/h3-9H,10-11,20H2,1-2H3,(H,21,23). The van der Waals surface area contributed by atoms with Crippen LogP contribution in [0.4, 0.5) is 21.5 Å². The third kappa shape index (κ3) is 3.59. The molecule has 3 N–H and O–H groups in total. The van der Waals surface area contributed by atoms with E-state index in [-0.39, 0.29) is 18.3 Å². The average Bonchev–Trinajstić information content (AvgIpc) is 2.48. The highest BCUT2D eigenvalue weighted by Gasteiger charge is 2.32. The summed E-state index contributed by atoms with van der Waals surface area (Å²) in [6.45, 7) is 4.66. The average molecular weight is 329 g/mol. The highest BCUT2D eigenvalue weighted by atomic mass is 19.1. The molecule has 0 aromatic heterocycles. The number of anilines is 3. The van der Waals surface area contributed by atoms with Gasteiger partial charge >= 0.3 is 0 Å². The lowest BCUT2D eigenvalue weighted by Crippen LogP contribution is -2.49. The van der Waals surface area contributed by atoms with Crippen molar-refractivity contribution in [3.8, 4) is 5.75 Å². The zero-order valence-corrected chi connectivity index (χ0v) is 13.7. The predicted octanol–water partition coefficient (Wildman–Crippen LogP) is 3.02. The zero-order chi connectivity index (χ0) is 17.3. The number of hydrogen-bond donors (Lipinski definition) is 2. The van der Waals surface area contributed by atoms with Crippen molar-refractivity contribution >= 4 is 23.0 Å². The fourth-order valence-corrected chi connectivity index (χ4v) is 2.80. The van der Waals surface area contributed by atoms with Crippen molar-refractivity contribution in [3.05, 3.63) is 48.3 Å². The number of carbonyl (C=O) groups is 1. The van der Waals surface area contributed by atoms with Gasteiger partial charge in [-0.25, -0.2) is 4.39 Å². The fourth-order valence-electron chi connectivity index (χ4n) is 2.80. The summed E-state index contributed by atoms with van der Waals surface area (Å²) in [6, 6.07) is 11.1. The van der Waals surface area contributed by atoms with E-state index in [4.69, 9.17) is 10.5 Å². The largest absolute Gasteiger partial charge is 0.484 e. The quantitative estimate of drug-likeness (QED) is 0.850. The van der Waals surface area contributed by atoms with Gasteiger partial charge in [0.25, 0.3) is 0 Å². The van der Waals surface area contributed by atoms with Crippen LogP contribution in [0.1, 0.15) is 13.8 Å². The van der Waals surface area contributed by atoms with Crippen LogP contribution in [0.3, 0.4) is 0 Å². The first-order chi connectivity index (χ1) is 11.3. The number of ether oxygens (including phenoxy) is 1. The van der Waals surface area contributed by atoms with Gasteiger partial charge < -0.3 is 20.7 Å². The number of amides is 1.